The molecule has 0 saturated heterocycles. The summed E-state index contributed by atoms with van der Waals surface area (Å²) in [6, 6.07) is 1.59. The van der Waals surface area contributed by atoms with Crippen molar-refractivity contribution < 1.29 is 13.2 Å². The van der Waals surface area contributed by atoms with Gasteiger partial charge in [0.15, 0.2) is 0 Å². The first-order valence-corrected chi connectivity index (χ1v) is 7.81. The van der Waals surface area contributed by atoms with Crippen molar-refractivity contribution in [3.05, 3.63) is 18.0 Å². The second kappa shape index (κ2) is 5.90. The predicted molar refractivity (Wildman–Crippen MR) is 71.2 cm³/mol. The number of hydrogen-bond donors (Lipinski definition) is 2. The maximum absolute atomic E-state index is 11.9. The van der Waals surface area contributed by atoms with Crippen LogP contribution in [0, 0.1) is 0 Å². The molecule has 1 rings (SSSR count). The molecule has 0 unspecified atom stereocenters. The number of sulfone groups is 1. The van der Waals surface area contributed by atoms with E-state index < -0.39 is 9.84 Å². The molecule has 0 spiro atoms. The molecule has 1 amide bonds. The van der Waals surface area contributed by atoms with E-state index in [9.17, 15) is 13.2 Å². The van der Waals surface area contributed by atoms with Gasteiger partial charge in [-0.2, -0.15) is 0 Å². The summed E-state index contributed by atoms with van der Waals surface area (Å²) in [5, 5.41) is 2.57. The van der Waals surface area contributed by atoms with Crippen molar-refractivity contribution in [3.63, 3.8) is 0 Å². The van der Waals surface area contributed by atoms with E-state index in [1.165, 1.54) is 0 Å². The Bertz CT molecular complexity index is 520. The molecule has 0 atom stereocenters. The zero-order chi connectivity index (χ0) is 13.8. The Morgan fingerprint density at radius 3 is 2.72 bits per heavy atom. The monoisotopic (exact) mass is 273 g/mol. The molecule has 0 saturated carbocycles. The van der Waals surface area contributed by atoms with E-state index in [4.69, 9.17) is 5.73 Å². The Kier molecular flexibility index (Phi) is 4.77. The van der Waals surface area contributed by atoms with Crippen LogP contribution in [0.4, 0.5) is 5.69 Å². The zero-order valence-electron chi connectivity index (χ0n) is 10.6. The number of nitrogen functional groups attached to an aromatic ring is 1. The highest BCUT2D eigenvalue weighted by atomic mass is 32.2. The molecular weight excluding hydrogens is 254 g/mol. The van der Waals surface area contributed by atoms with Crippen molar-refractivity contribution in [1.82, 2.24) is 9.88 Å². The Labute approximate surface area is 107 Å². The van der Waals surface area contributed by atoms with Crippen LogP contribution in [-0.4, -0.2) is 37.4 Å². The highest BCUT2D eigenvalue weighted by Crippen LogP contribution is 2.11. The van der Waals surface area contributed by atoms with Crippen LogP contribution < -0.4 is 11.1 Å². The van der Waals surface area contributed by atoms with Gasteiger partial charge in [-0.1, -0.05) is 6.92 Å². The summed E-state index contributed by atoms with van der Waals surface area (Å²) in [6.07, 6.45) is 3.73. The van der Waals surface area contributed by atoms with Crippen LogP contribution in [0.5, 0.6) is 0 Å². The molecule has 7 heteroatoms. The fraction of sp³-hybridized carbons (Fsp3) is 0.545. The molecule has 102 valence electrons. The number of rotatable bonds is 6. The average molecular weight is 273 g/mol. The SMILES string of the molecule is CCCn1cc(N)cc1C(=O)NCCS(C)(=O)=O. The van der Waals surface area contributed by atoms with Gasteiger partial charge in [0.05, 0.1) is 11.4 Å². The van der Waals surface area contributed by atoms with Gasteiger partial charge in [0.25, 0.3) is 5.91 Å². The number of nitrogens with two attached hydrogens (primary N) is 1. The average Bonchev–Trinajstić information content (AvgIpc) is 2.58. The van der Waals surface area contributed by atoms with Gasteiger partial charge in [0.2, 0.25) is 0 Å². The molecule has 3 N–H and O–H groups in total. The minimum absolute atomic E-state index is 0.0668. The Balaban J connectivity index is 2.66. The standard InChI is InChI=1S/C11H19N3O3S/c1-3-5-14-8-9(12)7-10(14)11(15)13-4-6-18(2,16)17/h7-8H,3-6,12H2,1-2H3,(H,13,15). The molecule has 0 aliphatic heterocycles. The number of nitrogens with one attached hydrogen (secondary N) is 1. The lowest BCUT2D eigenvalue weighted by atomic mass is 10.3. The molecule has 6 nitrogen and oxygen atoms in total. The van der Waals surface area contributed by atoms with Gasteiger partial charge in [0.1, 0.15) is 15.5 Å². The lowest BCUT2D eigenvalue weighted by Gasteiger charge is -2.08. The maximum Gasteiger partial charge on any atom is 0.268 e. The third-order valence-corrected chi connectivity index (χ3v) is 3.32. The van der Waals surface area contributed by atoms with Crippen LogP contribution in [0.3, 0.4) is 0 Å². The van der Waals surface area contributed by atoms with Crippen molar-refractivity contribution in [3.8, 4) is 0 Å². The molecular formula is C11H19N3O3S. The molecule has 0 aliphatic rings. The van der Waals surface area contributed by atoms with Gasteiger partial charge in [0, 0.05) is 25.5 Å². The first kappa shape index (κ1) is 14.6. The van der Waals surface area contributed by atoms with Crippen LogP contribution in [0.1, 0.15) is 23.8 Å². The minimum Gasteiger partial charge on any atom is -0.397 e. The van der Waals surface area contributed by atoms with Crippen molar-refractivity contribution in [2.24, 2.45) is 0 Å². The first-order valence-electron chi connectivity index (χ1n) is 5.75. The van der Waals surface area contributed by atoms with Gasteiger partial charge >= 0.3 is 0 Å². The summed E-state index contributed by atoms with van der Waals surface area (Å²) < 4.78 is 23.7. The lowest BCUT2D eigenvalue weighted by molar-refractivity contribution is 0.0947. The van der Waals surface area contributed by atoms with Crippen molar-refractivity contribution in [2.45, 2.75) is 19.9 Å². The predicted octanol–water partition coefficient (Wildman–Crippen LogP) is 0.255. The van der Waals surface area contributed by atoms with E-state index in [1.54, 1.807) is 16.8 Å². The number of aromatic nitrogens is 1. The summed E-state index contributed by atoms with van der Waals surface area (Å²) >= 11 is 0. The zero-order valence-corrected chi connectivity index (χ0v) is 11.5. The van der Waals surface area contributed by atoms with Crippen molar-refractivity contribution in [1.29, 1.82) is 0 Å². The fourth-order valence-corrected chi connectivity index (χ4v) is 2.06. The highest BCUT2D eigenvalue weighted by Gasteiger charge is 2.12. The van der Waals surface area contributed by atoms with Crippen LogP contribution in [0.25, 0.3) is 0 Å². The normalized spacial score (nSPS) is 11.4. The van der Waals surface area contributed by atoms with Gasteiger partial charge in [-0.15, -0.1) is 0 Å². The maximum atomic E-state index is 11.9. The Hall–Kier alpha value is -1.50. The number of hydrogen-bond acceptors (Lipinski definition) is 4. The van der Waals surface area contributed by atoms with Gasteiger partial charge < -0.3 is 15.6 Å². The summed E-state index contributed by atoms with van der Waals surface area (Å²) in [7, 11) is -3.06. The number of anilines is 1. The molecule has 1 heterocycles. The van der Waals surface area contributed by atoms with E-state index >= 15 is 0 Å². The molecule has 0 bridgehead atoms. The summed E-state index contributed by atoms with van der Waals surface area (Å²) in [4.78, 5) is 11.9. The Morgan fingerprint density at radius 2 is 2.17 bits per heavy atom. The topological polar surface area (TPSA) is 94.2 Å². The van der Waals surface area contributed by atoms with E-state index in [-0.39, 0.29) is 18.2 Å². The van der Waals surface area contributed by atoms with Crippen LogP contribution in [0.15, 0.2) is 12.3 Å². The largest absolute Gasteiger partial charge is 0.397 e. The van der Waals surface area contributed by atoms with Crippen LogP contribution in [0.2, 0.25) is 0 Å². The minimum atomic E-state index is -3.06. The van der Waals surface area contributed by atoms with Crippen molar-refractivity contribution >= 4 is 21.4 Å². The van der Waals surface area contributed by atoms with Gasteiger partial charge in [-0.3, -0.25) is 4.79 Å². The fourth-order valence-electron chi connectivity index (χ4n) is 1.59. The van der Waals surface area contributed by atoms with E-state index in [0.29, 0.717) is 17.9 Å². The Morgan fingerprint density at radius 1 is 1.50 bits per heavy atom. The molecule has 18 heavy (non-hydrogen) atoms. The number of carbonyl (C=O) groups is 1. The smallest absolute Gasteiger partial charge is 0.268 e. The van der Waals surface area contributed by atoms with E-state index in [0.717, 1.165) is 12.7 Å². The summed E-state index contributed by atoms with van der Waals surface area (Å²) in [5.41, 5.74) is 6.63. The van der Waals surface area contributed by atoms with Gasteiger partial charge in [-0.05, 0) is 12.5 Å². The number of amides is 1. The summed E-state index contributed by atoms with van der Waals surface area (Å²) in [5.74, 6) is -0.369. The number of carbonyl (C=O) groups excluding carboxylic acids is 1. The highest BCUT2D eigenvalue weighted by molar-refractivity contribution is 7.90. The molecule has 0 aromatic carbocycles. The third kappa shape index (κ3) is 4.40. The van der Waals surface area contributed by atoms with E-state index in [2.05, 4.69) is 5.32 Å². The summed E-state index contributed by atoms with van der Waals surface area (Å²) in [6.45, 7) is 2.81. The molecule has 1 aromatic rings. The molecule has 0 aliphatic carbocycles. The molecule has 0 fully saturated rings. The van der Waals surface area contributed by atoms with E-state index in [1.807, 2.05) is 6.92 Å². The number of aryl methyl sites for hydroxylation is 1. The second-order valence-corrected chi connectivity index (χ2v) is 6.50. The third-order valence-electron chi connectivity index (χ3n) is 2.37. The molecule has 1 aromatic heterocycles. The van der Waals surface area contributed by atoms with Crippen LogP contribution in [-0.2, 0) is 16.4 Å². The molecule has 0 radical (unpaired) electrons. The first-order chi connectivity index (χ1) is 8.33. The lowest BCUT2D eigenvalue weighted by Crippen LogP contribution is -2.30. The number of nitrogens with zero attached hydrogens (tertiary/aromatic N) is 1. The second-order valence-electron chi connectivity index (χ2n) is 4.24. The van der Waals surface area contributed by atoms with Crippen molar-refractivity contribution in [2.75, 3.05) is 24.3 Å². The van der Waals surface area contributed by atoms with Gasteiger partial charge in [-0.25, -0.2) is 8.42 Å². The van der Waals surface area contributed by atoms with Crippen LogP contribution >= 0.6 is 0 Å². The quantitative estimate of drug-likeness (QED) is 0.777.